The van der Waals surface area contributed by atoms with Crippen LogP contribution in [0.2, 0.25) is 0 Å². The van der Waals surface area contributed by atoms with Gasteiger partial charge < -0.3 is 9.03 Å². The molecule has 0 N–H and O–H groups in total. The van der Waals surface area contributed by atoms with Crippen LogP contribution in [0.25, 0.3) is 0 Å². The van der Waals surface area contributed by atoms with Crippen LogP contribution in [0.1, 0.15) is 40.0 Å². The molecule has 0 spiro atoms. The van der Waals surface area contributed by atoms with E-state index in [1.807, 2.05) is 0 Å². The number of fused-ring (bicyclic) bond motifs is 2. The number of rotatable bonds is 1. The fourth-order valence-electron chi connectivity index (χ4n) is 3.52. The second kappa shape index (κ2) is 3.87. The van der Waals surface area contributed by atoms with Crippen molar-refractivity contribution in [2.24, 2.45) is 16.7 Å². The molecule has 1 unspecified atom stereocenters. The molecule has 2 aliphatic rings. The summed E-state index contributed by atoms with van der Waals surface area (Å²) in [5, 5.41) is 0. The van der Waals surface area contributed by atoms with Crippen LogP contribution in [-0.2, 0) is 18.6 Å². The lowest BCUT2D eigenvalue weighted by Crippen LogP contribution is -2.39. The van der Waals surface area contributed by atoms with Gasteiger partial charge in [0.25, 0.3) is 0 Å². The second-order valence-electron chi connectivity index (χ2n) is 5.87. The first kappa shape index (κ1) is 12.7. The predicted molar refractivity (Wildman–Crippen MR) is 61.1 cm³/mol. The van der Waals surface area contributed by atoms with Gasteiger partial charge in [0.15, 0.2) is 0 Å². The molecule has 0 amide bonds. The number of ether oxygens (including phenoxy) is 1. The number of halogens is 1. The standard InChI is InChI=1S/C12H17ClO4/c1-11(2)7-4-5-12(11,3)8(6-7)16-9(14)10(15)17-13/h7-8H,4-6H2,1-3H3/t7-,8?,12-/m1/s1. The molecule has 0 radical (unpaired) electrons. The molecule has 2 fully saturated rings. The molecule has 0 aromatic carbocycles. The topological polar surface area (TPSA) is 52.6 Å². The van der Waals surface area contributed by atoms with Crippen molar-refractivity contribution in [2.75, 3.05) is 0 Å². The maximum absolute atomic E-state index is 11.4. The van der Waals surface area contributed by atoms with Crippen LogP contribution in [0, 0.1) is 16.7 Å². The van der Waals surface area contributed by atoms with Crippen molar-refractivity contribution in [2.45, 2.75) is 46.1 Å². The van der Waals surface area contributed by atoms with E-state index in [2.05, 4.69) is 25.1 Å². The highest BCUT2D eigenvalue weighted by Crippen LogP contribution is 2.66. The molecule has 2 aliphatic carbocycles. The molecule has 3 atom stereocenters. The van der Waals surface area contributed by atoms with Gasteiger partial charge in [0, 0.05) is 5.41 Å². The molecule has 0 aliphatic heterocycles. The number of carbonyl (C=O) groups is 2. The summed E-state index contributed by atoms with van der Waals surface area (Å²) in [6.07, 6.45) is 2.81. The first-order chi connectivity index (χ1) is 7.83. The van der Waals surface area contributed by atoms with Crippen LogP contribution in [0.4, 0.5) is 0 Å². The van der Waals surface area contributed by atoms with Crippen molar-refractivity contribution in [1.29, 1.82) is 0 Å². The van der Waals surface area contributed by atoms with Gasteiger partial charge in [0.2, 0.25) is 0 Å². The maximum atomic E-state index is 11.4. The summed E-state index contributed by atoms with van der Waals surface area (Å²) in [6, 6.07) is 0. The van der Waals surface area contributed by atoms with Crippen LogP contribution >= 0.6 is 11.9 Å². The molecule has 2 rings (SSSR count). The lowest BCUT2D eigenvalue weighted by atomic mass is 9.70. The number of hydrogen-bond acceptors (Lipinski definition) is 4. The highest BCUT2D eigenvalue weighted by Gasteiger charge is 2.63. The molecule has 2 bridgehead atoms. The third kappa shape index (κ3) is 1.65. The largest absolute Gasteiger partial charge is 0.453 e. The van der Waals surface area contributed by atoms with Crippen LogP contribution in [0.15, 0.2) is 0 Å². The average molecular weight is 261 g/mol. The van der Waals surface area contributed by atoms with Gasteiger partial charge in [-0.25, -0.2) is 9.59 Å². The average Bonchev–Trinajstić information content (AvgIpc) is 2.60. The van der Waals surface area contributed by atoms with Gasteiger partial charge in [-0.1, -0.05) is 20.8 Å². The Morgan fingerprint density at radius 1 is 1.24 bits per heavy atom. The van der Waals surface area contributed by atoms with E-state index in [1.165, 1.54) is 0 Å². The summed E-state index contributed by atoms with van der Waals surface area (Å²) < 4.78 is 9.08. The van der Waals surface area contributed by atoms with Gasteiger partial charge in [0.05, 0.1) is 0 Å². The lowest BCUT2D eigenvalue weighted by molar-refractivity contribution is -0.170. The minimum Gasteiger partial charge on any atom is -0.453 e. The van der Waals surface area contributed by atoms with Gasteiger partial charge in [-0.2, -0.15) is 0 Å². The Bertz CT molecular complexity index is 366. The Morgan fingerprint density at radius 2 is 1.88 bits per heavy atom. The Kier molecular flexibility index (Phi) is 2.89. The van der Waals surface area contributed by atoms with E-state index in [9.17, 15) is 9.59 Å². The van der Waals surface area contributed by atoms with Crippen molar-refractivity contribution in [3.63, 3.8) is 0 Å². The van der Waals surface area contributed by atoms with Crippen molar-refractivity contribution >= 4 is 23.8 Å². The number of hydrogen-bond donors (Lipinski definition) is 0. The Morgan fingerprint density at radius 3 is 2.29 bits per heavy atom. The highest BCUT2D eigenvalue weighted by atomic mass is 35.5. The summed E-state index contributed by atoms with van der Waals surface area (Å²) in [6.45, 7) is 6.54. The molecule has 2 saturated carbocycles. The fraction of sp³-hybridized carbons (Fsp3) is 0.833. The first-order valence-corrected chi connectivity index (χ1v) is 6.17. The maximum Gasteiger partial charge on any atom is 0.435 e. The zero-order chi connectivity index (χ0) is 12.8. The van der Waals surface area contributed by atoms with E-state index in [-0.39, 0.29) is 16.9 Å². The summed E-state index contributed by atoms with van der Waals surface area (Å²) in [5.41, 5.74) is 0.0860. The molecule has 5 heteroatoms. The van der Waals surface area contributed by atoms with E-state index in [0.717, 1.165) is 19.3 Å². The predicted octanol–water partition coefficient (Wildman–Crippen LogP) is 2.44. The number of carbonyl (C=O) groups excluding carboxylic acids is 2. The van der Waals surface area contributed by atoms with Gasteiger partial charge in [-0.3, -0.25) is 0 Å². The molecule has 4 nitrogen and oxygen atoms in total. The zero-order valence-electron chi connectivity index (χ0n) is 10.3. The molecule has 0 aromatic heterocycles. The highest BCUT2D eigenvalue weighted by molar-refractivity contribution is 6.35. The number of esters is 1. The van der Waals surface area contributed by atoms with Crippen molar-refractivity contribution in [3.05, 3.63) is 0 Å². The van der Waals surface area contributed by atoms with Gasteiger partial charge in [-0.15, -0.1) is 0 Å². The molecule has 96 valence electrons. The Hall–Kier alpha value is -0.770. The summed E-state index contributed by atoms with van der Waals surface area (Å²) in [4.78, 5) is 22.3. The van der Waals surface area contributed by atoms with Gasteiger partial charge >= 0.3 is 11.9 Å². The summed E-state index contributed by atoms with van der Waals surface area (Å²) in [5.74, 6) is -1.58. The molecular formula is C12H17ClO4. The van der Waals surface area contributed by atoms with Crippen LogP contribution in [-0.4, -0.2) is 18.0 Å². The Balaban J connectivity index is 2.11. The SMILES string of the molecule is CC1(C)[C@@H]2CC[C@]1(C)C(OC(=O)C(=O)OCl)C2. The Labute approximate surface area is 106 Å². The van der Waals surface area contributed by atoms with E-state index < -0.39 is 11.9 Å². The first-order valence-electron chi connectivity index (χ1n) is 5.86. The third-order valence-corrected chi connectivity index (χ3v) is 5.34. The zero-order valence-corrected chi connectivity index (χ0v) is 11.0. The minimum absolute atomic E-state index is 0.0556. The van der Waals surface area contributed by atoms with E-state index in [0.29, 0.717) is 5.92 Å². The van der Waals surface area contributed by atoms with Crippen LogP contribution in [0.3, 0.4) is 0 Å². The minimum atomic E-state index is -1.14. The van der Waals surface area contributed by atoms with E-state index >= 15 is 0 Å². The van der Waals surface area contributed by atoms with Crippen molar-refractivity contribution in [3.8, 4) is 0 Å². The summed E-state index contributed by atoms with van der Waals surface area (Å²) in [7, 11) is 0. The van der Waals surface area contributed by atoms with E-state index in [1.54, 1.807) is 0 Å². The summed E-state index contributed by atoms with van der Waals surface area (Å²) >= 11 is 4.85. The third-order valence-electron chi connectivity index (χ3n) is 5.20. The van der Waals surface area contributed by atoms with Gasteiger partial charge in [0.1, 0.15) is 18.0 Å². The molecule has 0 saturated heterocycles. The second-order valence-corrected chi connectivity index (χ2v) is 6.02. The lowest BCUT2D eigenvalue weighted by Gasteiger charge is -2.38. The van der Waals surface area contributed by atoms with Crippen LogP contribution in [0.5, 0.6) is 0 Å². The molecule has 17 heavy (non-hydrogen) atoms. The smallest absolute Gasteiger partial charge is 0.435 e. The van der Waals surface area contributed by atoms with E-state index in [4.69, 9.17) is 16.6 Å². The quantitative estimate of drug-likeness (QED) is 0.537. The molecule has 0 aromatic rings. The molecular weight excluding hydrogens is 244 g/mol. The van der Waals surface area contributed by atoms with Gasteiger partial charge in [-0.05, 0) is 30.6 Å². The normalized spacial score (nSPS) is 37.9. The van der Waals surface area contributed by atoms with Crippen LogP contribution < -0.4 is 0 Å². The monoisotopic (exact) mass is 260 g/mol. The van der Waals surface area contributed by atoms with Crippen molar-refractivity contribution in [1.82, 2.24) is 0 Å². The molecule has 0 heterocycles. The van der Waals surface area contributed by atoms with Crippen molar-refractivity contribution < 1.29 is 18.6 Å². The fourth-order valence-corrected chi connectivity index (χ4v) is 3.58.